The summed E-state index contributed by atoms with van der Waals surface area (Å²) in [5.41, 5.74) is 4.33. The van der Waals surface area contributed by atoms with E-state index in [1.165, 1.54) is 16.3 Å². The Labute approximate surface area is 117 Å². The van der Waals surface area contributed by atoms with Gasteiger partial charge in [0.05, 0.1) is 11.2 Å². The van der Waals surface area contributed by atoms with Crippen molar-refractivity contribution in [2.75, 3.05) is 0 Å². The summed E-state index contributed by atoms with van der Waals surface area (Å²) < 4.78 is 0. The molecule has 3 rings (SSSR count). The van der Waals surface area contributed by atoms with Gasteiger partial charge in [-0.2, -0.15) is 0 Å². The highest BCUT2D eigenvalue weighted by atomic mass is 32.1. The van der Waals surface area contributed by atoms with E-state index in [2.05, 4.69) is 65.1 Å². The Hall–Kier alpha value is -1.71. The summed E-state index contributed by atoms with van der Waals surface area (Å²) in [7, 11) is 0. The second kappa shape index (κ2) is 5.51. The zero-order valence-corrected chi connectivity index (χ0v) is 11.7. The predicted molar refractivity (Wildman–Crippen MR) is 81.3 cm³/mol. The predicted octanol–water partition coefficient (Wildman–Crippen LogP) is 4.15. The van der Waals surface area contributed by atoms with Gasteiger partial charge in [-0.15, -0.1) is 11.3 Å². The number of hydrogen-bond acceptors (Lipinski definition) is 3. The summed E-state index contributed by atoms with van der Waals surface area (Å²) in [6, 6.07) is 15.2. The highest BCUT2D eigenvalue weighted by Gasteiger charge is 2.07. The van der Waals surface area contributed by atoms with Gasteiger partial charge in [-0.3, -0.25) is 0 Å². The Morgan fingerprint density at radius 1 is 1.16 bits per heavy atom. The average molecular weight is 268 g/mol. The minimum absolute atomic E-state index is 0.283. The molecule has 1 atom stereocenters. The second-order valence-corrected chi connectivity index (χ2v) is 5.37. The largest absolute Gasteiger partial charge is 0.305 e. The van der Waals surface area contributed by atoms with Crippen LogP contribution < -0.4 is 5.32 Å². The molecule has 1 unspecified atom stereocenters. The van der Waals surface area contributed by atoms with Crippen molar-refractivity contribution < 1.29 is 0 Å². The molecule has 1 N–H and O–H groups in total. The van der Waals surface area contributed by atoms with Crippen molar-refractivity contribution in [3.8, 4) is 0 Å². The van der Waals surface area contributed by atoms with Gasteiger partial charge in [-0.05, 0) is 23.3 Å². The van der Waals surface area contributed by atoms with Gasteiger partial charge in [0.25, 0.3) is 0 Å². The number of thiazole rings is 1. The van der Waals surface area contributed by atoms with E-state index in [1.807, 2.05) is 5.51 Å². The fraction of sp³-hybridized carbons (Fsp3) is 0.188. The van der Waals surface area contributed by atoms with Crippen molar-refractivity contribution >= 4 is 22.1 Å². The van der Waals surface area contributed by atoms with E-state index in [0.29, 0.717) is 0 Å². The molecule has 19 heavy (non-hydrogen) atoms. The molecule has 1 heterocycles. The van der Waals surface area contributed by atoms with E-state index in [1.54, 1.807) is 11.3 Å². The van der Waals surface area contributed by atoms with Crippen molar-refractivity contribution in [2.24, 2.45) is 0 Å². The van der Waals surface area contributed by atoms with Crippen LogP contribution >= 0.6 is 11.3 Å². The van der Waals surface area contributed by atoms with Crippen molar-refractivity contribution in [2.45, 2.75) is 19.5 Å². The molecule has 1 aromatic heterocycles. The third kappa shape index (κ3) is 2.67. The molecule has 0 aliphatic rings. The minimum Gasteiger partial charge on any atom is -0.305 e. The summed E-state index contributed by atoms with van der Waals surface area (Å²) in [6.07, 6.45) is 0. The van der Waals surface area contributed by atoms with Gasteiger partial charge in [0, 0.05) is 18.0 Å². The monoisotopic (exact) mass is 268 g/mol. The Kier molecular flexibility index (Phi) is 3.58. The quantitative estimate of drug-likeness (QED) is 0.769. The number of nitrogens with one attached hydrogen (secondary N) is 1. The smallest absolute Gasteiger partial charge is 0.0795 e. The fourth-order valence-electron chi connectivity index (χ4n) is 2.25. The first-order valence-electron chi connectivity index (χ1n) is 6.43. The van der Waals surface area contributed by atoms with Crippen LogP contribution in [-0.2, 0) is 6.54 Å². The van der Waals surface area contributed by atoms with Crippen LogP contribution in [0.25, 0.3) is 10.8 Å². The van der Waals surface area contributed by atoms with Crippen molar-refractivity contribution in [3.63, 3.8) is 0 Å². The molecule has 2 nitrogen and oxygen atoms in total. The standard InChI is InChI=1S/C16H16N2S/c1-12(16-10-19-11-18-16)17-9-14-7-4-6-13-5-2-3-8-15(13)14/h2-8,10-12,17H,9H2,1H3. The van der Waals surface area contributed by atoms with Crippen molar-refractivity contribution in [3.05, 3.63) is 64.6 Å². The minimum atomic E-state index is 0.283. The molecule has 0 bridgehead atoms. The molecular formula is C16H16N2S. The van der Waals surface area contributed by atoms with E-state index < -0.39 is 0 Å². The lowest BCUT2D eigenvalue weighted by Gasteiger charge is -2.13. The van der Waals surface area contributed by atoms with Gasteiger partial charge in [-0.1, -0.05) is 42.5 Å². The molecule has 3 heteroatoms. The first kappa shape index (κ1) is 12.3. The van der Waals surface area contributed by atoms with Crippen molar-refractivity contribution in [1.82, 2.24) is 10.3 Å². The highest BCUT2D eigenvalue weighted by molar-refractivity contribution is 7.07. The van der Waals surface area contributed by atoms with Crippen LogP contribution in [0.15, 0.2) is 53.4 Å². The summed E-state index contributed by atoms with van der Waals surface area (Å²) in [6.45, 7) is 3.01. The van der Waals surface area contributed by atoms with Crippen LogP contribution in [0.3, 0.4) is 0 Å². The van der Waals surface area contributed by atoms with Gasteiger partial charge in [0.15, 0.2) is 0 Å². The molecule has 96 valence electrons. The molecule has 0 aliphatic carbocycles. The molecule has 3 aromatic rings. The van der Waals surface area contributed by atoms with Crippen molar-refractivity contribution in [1.29, 1.82) is 0 Å². The first-order valence-corrected chi connectivity index (χ1v) is 7.37. The summed E-state index contributed by atoms with van der Waals surface area (Å²) in [5.74, 6) is 0. The number of fused-ring (bicyclic) bond motifs is 1. The van der Waals surface area contributed by atoms with Crippen LogP contribution in [0, 0.1) is 0 Å². The van der Waals surface area contributed by atoms with E-state index >= 15 is 0 Å². The topological polar surface area (TPSA) is 24.9 Å². The zero-order valence-electron chi connectivity index (χ0n) is 10.8. The van der Waals surface area contributed by atoms with Gasteiger partial charge in [-0.25, -0.2) is 4.98 Å². The zero-order chi connectivity index (χ0) is 13.1. The third-order valence-corrected chi connectivity index (χ3v) is 3.98. The van der Waals surface area contributed by atoms with Gasteiger partial charge in [0.2, 0.25) is 0 Å². The lowest BCUT2D eigenvalue weighted by atomic mass is 10.0. The van der Waals surface area contributed by atoms with Gasteiger partial charge >= 0.3 is 0 Å². The first-order chi connectivity index (χ1) is 9.34. The Bertz CT molecular complexity index is 656. The second-order valence-electron chi connectivity index (χ2n) is 4.65. The van der Waals surface area contributed by atoms with E-state index in [9.17, 15) is 0 Å². The highest BCUT2D eigenvalue weighted by Crippen LogP contribution is 2.19. The maximum Gasteiger partial charge on any atom is 0.0795 e. The number of rotatable bonds is 4. The van der Waals surface area contributed by atoms with E-state index in [4.69, 9.17) is 0 Å². The number of benzene rings is 2. The summed E-state index contributed by atoms with van der Waals surface area (Å²) in [4.78, 5) is 4.35. The number of nitrogens with zero attached hydrogens (tertiary/aromatic N) is 1. The Balaban J connectivity index is 1.79. The number of hydrogen-bond donors (Lipinski definition) is 1. The summed E-state index contributed by atoms with van der Waals surface area (Å²) >= 11 is 1.64. The van der Waals surface area contributed by atoms with E-state index in [-0.39, 0.29) is 6.04 Å². The fourth-order valence-corrected chi connectivity index (χ4v) is 2.90. The third-order valence-electron chi connectivity index (χ3n) is 3.37. The lowest BCUT2D eigenvalue weighted by Crippen LogP contribution is -2.18. The molecule has 0 aliphatic heterocycles. The average Bonchev–Trinajstić information content (AvgIpc) is 2.99. The normalized spacial score (nSPS) is 12.7. The molecule has 0 radical (unpaired) electrons. The molecule has 0 spiro atoms. The van der Waals surface area contributed by atoms with Crippen LogP contribution in [0.5, 0.6) is 0 Å². The van der Waals surface area contributed by atoms with Crippen LogP contribution in [-0.4, -0.2) is 4.98 Å². The van der Waals surface area contributed by atoms with Crippen LogP contribution in [0.1, 0.15) is 24.2 Å². The molecule has 0 amide bonds. The lowest BCUT2D eigenvalue weighted by molar-refractivity contribution is 0.566. The number of aromatic nitrogens is 1. The van der Waals surface area contributed by atoms with E-state index in [0.717, 1.165) is 12.2 Å². The Morgan fingerprint density at radius 2 is 2.00 bits per heavy atom. The van der Waals surface area contributed by atoms with Gasteiger partial charge in [0.1, 0.15) is 0 Å². The SMILES string of the molecule is CC(NCc1cccc2ccccc12)c1cscn1. The molecule has 0 saturated heterocycles. The molecule has 0 saturated carbocycles. The molecule has 0 fully saturated rings. The maximum absolute atomic E-state index is 4.35. The van der Waals surface area contributed by atoms with Crippen LogP contribution in [0.2, 0.25) is 0 Å². The molecule has 2 aromatic carbocycles. The maximum atomic E-state index is 4.35. The molecular weight excluding hydrogens is 252 g/mol. The Morgan fingerprint density at radius 3 is 2.84 bits per heavy atom. The van der Waals surface area contributed by atoms with Gasteiger partial charge < -0.3 is 5.32 Å². The van der Waals surface area contributed by atoms with Crippen LogP contribution in [0.4, 0.5) is 0 Å². The summed E-state index contributed by atoms with van der Waals surface area (Å²) in [5, 5.41) is 8.25.